The van der Waals surface area contributed by atoms with E-state index in [2.05, 4.69) is 31.5 Å². The van der Waals surface area contributed by atoms with Crippen molar-refractivity contribution < 1.29 is 9.18 Å². The summed E-state index contributed by atoms with van der Waals surface area (Å²) in [5, 5.41) is 6.18. The maximum Gasteiger partial charge on any atom is 0.238 e. The second kappa shape index (κ2) is 8.61. The zero-order chi connectivity index (χ0) is 16.3. The van der Waals surface area contributed by atoms with Crippen LogP contribution in [0.4, 0.5) is 10.1 Å². The molecule has 1 aliphatic heterocycles. The van der Waals surface area contributed by atoms with Gasteiger partial charge in [0.2, 0.25) is 5.91 Å². The van der Waals surface area contributed by atoms with Crippen molar-refractivity contribution in [2.45, 2.75) is 37.6 Å². The van der Waals surface area contributed by atoms with Gasteiger partial charge in [0.25, 0.3) is 0 Å². The van der Waals surface area contributed by atoms with Crippen LogP contribution in [0.5, 0.6) is 0 Å². The van der Waals surface area contributed by atoms with Gasteiger partial charge in [-0.05, 0) is 31.0 Å². The van der Waals surface area contributed by atoms with E-state index in [1.54, 1.807) is 12.1 Å². The van der Waals surface area contributed by atoms with Crippen molar-refractivity contribution in [3.63, 3.8) is 0 Å². The minimum atomic E-state index is -0.416. The van der Waals surface area contributed by atoms with E-state index in [9.17, 15) is 9.18 Å². The Labute approximate surface area is 157 Å². The third kappa shape index (κ3) is 4.48. The van der Waals surface area contributed by atoms with E-state index in [-0.39, 0.29) is 29.5 Å². The molecule has 2 aliphatic rings. The van der Waals surface area contributed by atoms with Crippen molar-refractivity contribution in [1.29, 1.82) is 0 Å². The zero-order valence-electron chi connectivity index (χ0n) is 13.6. The topological polar surface area (TPSA) is 44.4 Å². The van der Waals surface area contributed by atoms with E-state index in [1.165, 1.54) is 25.3 Å². The molecular formula is C17H24BrClFN3O. The Morgan fingerprint density at radius 2 is 2.08 bits per heavy atom. The van der Waals surface area contributed by atoms with Crippen LogP contribution in [0, 0.1) is 5.82 Å². The fraction of sp³-hybridized carbons (Fsp3) is 0.588. The monoisotopic (exact) mass is 419 g/mol. The van der Waals surface area contributed by atoms with Crippen molar-refractivity contribution in [1.82, 2.24) is 10.2 Å². The van der Waals surface area contributed by atoms with E-state index >= 15 is 0 Å². The van der Waals surface area contributed by atoms with Crippen LogP contribution in [-0.4, -0.2) is 42.5 Å². The highest BCUT2D eigenvalue weighted by Crippen LogP contribution is 2.34. The summed E-state index contributed by atoms with van der Waals surface area (Å²) < 4.78 is 14.5. The molecular weight excluding hydrogens is 397 g/mol. The van der Waals surface area contributed by atoms with E-state index in [0.717, 1.165) is 32.5 Å². The lowest BCUT2D eigenvalue weighted by atomic mass is 9.79. The summed E-state index contributed by atoms with van der Waals surface area (Å²) in [5.74, 6) is -0.557. The second-order valence-corrected chi connectivity index (χ2v) is 7.47. The molecule has 0 unspecified atom stereocenters. The van der Waals surface area contributed by atoms with Crippen LogP contribution in [0.3, 0.4) is 0 Å². The Morgan fingerprint density at radius 3 is 2.79 bits per heavy atom. The lowest BCUT2D eigenvalue weighted by Gasteiger charge is -2.49. The first-order valence-electron chi connectivity index (χ1n) is 8.30. The Kier molecular flexibility index (Phi) is 7.04. The summed E-state index contributed by atoms with van der Waals surface area (Å²) in [6, 6.07) is 4.68. The Balaban J connectivity index is 0.00000208. The van der Waals surface area contributed by atoms with Crippen molar-refractivity contribution in [2.75, 3.05) is 31.5 Å². The number of amides is 1. The highest BCUT2D eigenvalue weighted by Gasteiger charge is 2.40. The second-order valence-electron chi connectivity index (χ2n) is 6.56. The lowest BCUT2D eigenvalue weighted by molar-refractivity contribution is -0.120. The first-order chi connectivity index (χ1) is 11.1. The molecule has 0 atom stereocenters. The number of hydrogen-bond acceptors (Lipinski definition) is 3. The quantitative estimate of drug-likeness (QED) is 0.786. The number of piperazine rings is 1. The summed E-state index contributed by atoms with van der Waals surface area (Å²) in [6.07, 6.45) is 6.01. The third-order valence-corrected chi connectivity index (χ3v) is 5.50. The van der Waals surface area contributed by atoms with Crippen LogP contribution in [0.2, 0.25) is 0 Å². The molecule has 24 heavy (non-hydrogen) atoms. The Bertz CT molecular complexity index is 573. The summed E-state index contributed by atoms with van der Waals surface area (Å²) in [7, 11) is 0. The molecule has 1 aromatic carbocycles. The van der Waals surface area contributed by atoms with Gasteiger partial charge in [0.05, 0.1) is 12.2 Å². The van der Waals surface area contributed by atoms with Gasteiger partial charge in [-0.15, -0.1) is 12.4 Å². The van der Waals surface area contributed by atoms with E-state index < -0.39 is 5.82 Å². The largest absolute Gasteiger partial charge is 0.322 e. The minimum Gasteiger partial charge on any atom is -0.322 e. The lowest BCUT2D eigenvalue weighted by Crippen LogP contribution is -2.63. The normalized spacial score (nSPS) is 20.4. The molecule has 0 aromatic heterocycles. The van der Waals surface area contributed by atoms with Crippen LogP contribution < -0.4 is 10.6 Å². The Hall–Kier alpha value is -0.690. The van der Waals surface area contributed by atoms with Crippen LogP contribution in [-0.2, 0) is 4.79 Å². The number of benzene rings is 1. The molecule has 4 nitrogen and oxygen atoms in total. The molecule has 2 N–H and O–H groups in total. The van der Waals surface area contributed by atoms with Crippen molar-refractivity contribution in [3.8, 4) is 0 Å². The summed E-state index contributed by atoms with van der Waals surface area (Å²) in [6.45, 7) is 3.06. The van der Waals surface area contributed by atoms with E-state index in [4.69, 9.17) is 0 Å². The average Bonchev–Trinajstić information content (AvgIpc) is 2.53. The number of carbonyl (C=O) groups excluding carboxylic acids is 1. The predicted octanol–water partition coefficient (Wildman–Crippen LogP) is 3.56. The van der Waals surface area contributed by atoms with Gasteiger partial charge in [-0.3, -0.25) is 9.69 Å². The van der Waals surface area contributed by atoms with Crippen LogP contribution in [0.15, 0.2) is 22.7 Å². The minimum absolute atomic E-state index is 0. The molecule has 1 saturated heterocycles. The van der Waals surface area contributed by atoms with Crippen LogP contribution >= 0.6 is 28.3 Å². The van der Waals surface area contributed by atoms with Gasteiger partial charge < -0.3 is 10.6 Å². The maximum absolute atomic E-state index is 13.9. The SMILES string of the molecule is Cl.O=C(CN1CCNCC12CCCCC2)Nc1ccc(Br)cc1F. The summed E-state index contributed by atoms with van der Waals surface area (Å²) in [4.78, 5) is 14.7. The first-order valence-corrected chi connectivity index (χ1v) is 9.09. The maximum atomic E-state index is 13.9. The molecule has 1 aliphatic carbocycles. The number of rotatable bonds is 3. The molecule has 1 heterocycles. The van der Waals surface area contributed by atoms with E-state index in [0.29, 0.717) is 11.0 Å². The highest BCUT2D eigenvalue weighted by atomic mass is 79.9. The molecule has 3 rings (SSSR count). The Morgan fingerprint density at radius 1 is 1.33 bits per heavy atom. The molecule has 7 heteroatoms. The number of carbonyl (C=O) groups is 1. The van der Waals surface area contributed by atoms with Crippen molar-refractivity contribution in [2.24, 2.45) is 0 Å². The van der Waals surface area contributed by atoms with E-state index in [1.807, 2.05) is 0 Å². The number of nitrogens with one attached hydrogen (secondary N) is 2. The van der Waals surface area contributed by atoms with Gasteiger partial charge in [0.1, 0.15) is 5.82 Å². The van der Waals surface area contributed by atoms with Gasteiger partial charge in [-0.25, -0.2) is 4.39 Å². The van der Waals surface area contributed by atoms with Gasteiger partial charge in [-0.2, -0.15) is 0 Å². The molecule has 0 bridgehead atoms. The smallest absolute Gasteiger partial charge is 0.238 e. The number of hydrogen-bond donors (Lipinski definition) is 2. The first kappa shape index (κ1) is 19.6. The third-order valence-electron chi connectivity index (χ3n) is 5.01. The molecule has 0 radical (unpaired) electrons. The average molecular weight is 421 g/mol. The number of halogens is 3. The zero-order valence-corrected chi connectivity index (χ0v) is 16.0. The van der Waals surface area contributed by atoms with Crippen molar-refractivity contribution >= 4 is 39.9 Å². The number of nitrogens with zero attached hydrogens (tertiary/aromatic N) is 1. The fourth-order valence-corrected chi connectivity index (χ4v) is 4.12. The summed E-state index contributed by atoms with van der Waals surface area (Å²) in [5.41, 5.74) is 0.345. The van der Waals surface area contributed by atoms with Crippen LogP contribution in [0.1, 0.15) is 32.1 Å². The highest BCUT2D eigenvalue weighted by molar-refractivity contribution is 9.10. The van der Waals surface area contributed by atoms with Gasteiger partial charge in [-0.1, -0.05) is 35.2 Å². The molecule has 1 aromatic rings. The van der Waals surface area contributed by atoms with Gasteiger partial charge in [0, 0.05) is 29.6 Å². The van der Waals surface area contributed by atoms with Crippen molar-refractivity contribution in [3.05, 3.63) is 28.5 Å². The molecule has 1 spiro atoms. The predicted molar refractivity (Wildman–Crippen MR) is 100 cm³/mol. The standard InChI is InChI=1S/C17H23BrFN3O.ClH/c18-13-4-5-15(14(19)10-13)21-16(23)11-22-9-8-20-12-17(22)6-2-1-3-7-17;/h4-5,10,20H,1-3,6-9,11-12H2,(H,21,23);1H. The van der Waals surface area contributed by atoms with Gasteiger partial charge >= 0.3 is 0 Å². The summed E-state index contributed by atoms with van der Waals surface area (Å²) >= 11 is 3.22. The van der Waals surface area contributed by atoms with Crippen LogP contribution in [0.25, 0.3) is 0 Å². The molecule has 2 fully saturated rings. The molecule has 134 valence electrons. The van der Waals surface area contributed by atoms with Gasteiger partial charge in [0.15, 0.2) is 0 Å². The molecule has 1 saturated carbocycles. The fourth-order valence-electron chi connectivity index (χ4n) is 3.79. The molecule has 1 amide bonds. The number of anilines is 1.